The quantitative estimate of drug-likeness (QED) is 0.0791. The number of rotatable bonds is 16. The maximum absolute atomic E-state index is 13.9. The third kappa shape index (κ3) is 14.1. The highest BCUT2D eigenvalue weighted by molar-refractivity contribution is 6.36. The maximum atomic E-state index is 13.9. The number of carbonyl (C=O) groups excluding carboxylic acids is 9. The molecule has 2 heterocycles. The predicted octanol–water partition coefficient (Wildman–Crippen LogP) is 4.78. The highest BCUT2D eigenvalue weighted by Crippen LogP contribution is 2.66. The summed E-state index contributed by atoms with van der Waals surface area (Å²) in [6.45, 7) is 30.3. The van der Waals surface area contributed by atoms with Crippen molar-refractivity contribution in [2.75, 3.05) is 20.2 Å². The molecule has 4 unspecified atom stereocenters. The number of nitrogens with one attached hydrogen (secondary N) is 4. The number of carboxylic acid groups (broad SMARTS) is 1. The number of fused-ring (bicyclic) bond motifs is 2. The first-order valence-corrected chi connectivity index (χ1v) is 25.8. The zero-order valence-electron chi connectivity index (χ0n) is 46.2. The van der Waals surface area contributed by atoms with Gasteiger partial charge in [0.2, 0.25) is 23.6 Å². The Morgan fingerprint density at radius 2 is 0.877 bits per heavy atom. The molecule has 0 aromatic rings. The largest absolute Gasteiger partial charge is 0.475 e. The standard InChI is InChI=1S/C27H43N3O7.C26H41N3O7/c1-25(2,3)20(29-24(35)37-26(4,5)6)22(33)30-13-15-17(27(15,7)8)18(30)21(32)28-16(12-14-10-11-14)19(31)23(34)36-9;1-24(2,3)19(28-23(35)36-25(4,5)6)21(32)29-12-14-16(26(14,7)8)17(29)20(31)27-15(11-13-9-10-13)18(30)22(33)34/h14-18,20H,10-13H2,1-9H3,(H,28,32)(H,29,35);13-17,19H,9-12H2,1-8H3,(H,27,31)(H,28,35)(H,33,34)/t15-,16?,17-,18-,20?;14-,15?,16-,17-,19?/m00/s1. The fourth-order valence-corrected chi connectivity index (χ4v) is 10.8. The van der Waals surface area contributed by atoms with Crippen LogP contribution < -0.4 is 21.3 Å². The van der Waals surface area contributed by atoms with Crippen molar-refractivity contribution in [2.45, 2.75) is 197 Å². The molecule has 410 valence electrons. The first-order valence-electron chi connectivity index (χ1n) is 25.8. The number of likely N-dealkylation sites (tertiary alicyclic amines) is 2. The van der Waals surface area contributed by atoms with Crippen LogP contribution in [0.4, 0.5) is 9.59 Å². The highest BCUT2D eigenvalue weighted by atomic mass is 16.6. The third-order valence-corrected chi connectivity index (χ3v) is 15.5. The van der Waals surface area contributed by atoms with Gasteiger partial charge in [0.25, 0.3) is 11.6 Å². The van der Waals surface area contributed by atoms with Crippen molar-refractivity contribution in [3.05, 3.63) is 0 Å². The lowest BCUT2D eigenvalue weighted by Gasteiger charge is -2.38. The van der Waals surface area contributed by atoms with E-state index in [4.69, 9.17) is 9.47 Å². The number of methoxy groups -OCH3 is 1. The van der Waals surface area contributed by atoms with Gasteiger partial charge >= 0.3 is 24.1 Å². The van der Waals surface area contributed by atoms with E-state index in [1.807, 2.05) is 55.4 Å². The summed E-state index contributed by atoms with van der Waals surface area (Å²) in [4.78, 5) is 131. The van der Waals surface area contributed by atoms with Crippen LogP contribution in [0.5, 0.6) is 0 Å². The van der Waals surface area contributed by atoms with Crippen molar-refractivity contribution in [1.29, 1.82) is 0 Å². The molecule has 6 aliphatic rings. The van der Waals surface area contributed by atoms with Crippen LogP contribution in [-0.2, 0) is 52.6 Å². The summed E-state index contributed by atoms with van der Waals surface area (Å²) in [5.74, 6) is -5.68. The molecule has 0 radical (unpaired) electrons. The molecule has 0 spiro atoms. The summed E-state index contributed by atoms with van der Waals surface area (Å²) in [7, 11) is 1.13. The summed E-state index contributed by atoms with van der Waals surface area (Å²) in [5, 5.41) is 20.1. The number of ketones is 2. The topological polar surface area (TPSA) is 273 Å². The van der Waals surface area contributed by atoms with Crippen LogP contribution in [0, 0.1) is 57.2 Å². The van der Waals surface area contributed by atoms with Gasteiger partial charge in [0.05, 0.1) is 19.2 Å². The lowest BCUT2D eigenvalue weighted by molar-refractivity contribution is -0.153. The van der Waals surface area contributed by atoms with E-state index in [1.54, 1.807) is 41.5 Å². The lowest BCUT2D eigenvalue weighted by Crippen LogP contribution is -2.60. The molecule has 10 atom stereocenters. The summed E-state index contributed by atoms with van der Waals surface area (Å²) in [5.41, 5.74) is -3.13. The van der Waals surface area contributed by atoms with E-state index in [2.05, 4.69) is 39.9 Å². The Morgan fingerprint density at radius 3 is 1.15 bits per heavy atom. The van der Waals surface area contributed by atoms with Gasteiger partial charge in [0.15, 0.2) is 0 Å². The average molecular weight is 1030 g/mol. The molecule has 2 saturated heterocycles. The SMILES string of the molecule is CC(C)(C)OC(=O)NC(C(=O)N1C[C@H]2[C@@H]([C@H]1C(=O)NC(CC1CC1)C(=O)C(=O)O)C2(C)C)C(C)(C)C.COC(=O)C(=O)C(CC1CC1)NC(=O)[C@@H]1[C@@H]2[C@H](CN1C(=O)C(NC(=O)OC(C)(C)C)C(C)(C)C)C2(C)C. The van der Waals surface area contributed by atoms with Crippen molar-refractivity contribution < 1.29 is 67.3 Å². The Balaban J connectivity index is 0.000000271. The summed E-state index contributed by atoms with van der Waals surface area (Å²) in [6, 6.07) is -5.68. The van der Waals surface area contributed by atoms with Crippen LogP contribution in [0.2, 0.25) is 0 Å². The number of carboxylic acids is 1. The number of nitrogens with zero attached hydrogens (tertiary/aromatic N) is 2. The second-order valence-electron chi connectivity index (χ2n) is 26.7. The lowest BCUT2D eigenvalue weighted by atomic mass is 9.85. The van der Waals surface area contributed by atoms with Crippen LogP contribution >= 0.6 is 0 Å². The van der Waals surface area contributed by atoms with E-state index in [9.17, 15) is 53.1 Å². The highest BCUT2D eigenvalue weighted by Gasteiger charge is 2.71. The number of Topliss-reactive ketones (excluding diaryl/α,β-unsaturated/α-hetero) is 2. The Morgan fingerprint density at radius 1 is 0.548 bits per heavy atom. The molecule has 20 heteroatoms. The number of amides is 6. The second kappa shape index (κ2) is 20.8. The van der Waals surface area contributed by atoms with Crippen LogP contribution in [0.15, 0.2) is 0 Å². The van der Waals surface area contributed by atoms with Crippen molar-refractivity contribution in [1.82, 2.24) is 31.1 Å². The van der Waals surface area contributed by atoms with Gasteiger partial charge in [0.1, 0.15) is 35.4 Å². The zero-order chi connectivity index (χ0) is 55.5. The van der Waals surface area contributed by atoms with Gasteiger partial charge in [0, 0.05) is 13.1 Å². The molecule has 5 N–H and O–H groups in total. The molecule has 0 aromatic carbocycles. The Kier molecular flexibility index (Phi) is 16.7. The van der Waals surface area contributed by atoms with E-state index in [0.29, 0.717) is 19.5 Å². The van der Waals surface area contributed by atoms with E-state index >= 15 is 0 Å². The Hall–Kier alpha value is -5.30. The summed E-state index contributed by atoms with van der Waals surface area (Å²) < 4.78 is 15.4. The number of esters is 1. The Bertz CT molecular complexity index is 2210. The van der Waals surface area contributed by atoms with Crippen LogP contribution in [0.25, 0.3) is 0 Å². The summed E-state index contributed by atoms with van der Waals surface area (Å²) >= 11 is 0. The van der Waals surface area contributed by atoms with Crippen molar-refractivity contribution >= 4 is 59.3 Å². The van der Waals surface area contributed by atoms with Crippen LogP contribution in [0.1, 0.15) is 149 Å². The van der Waals surface area contributed by atoms with Gasteiger partial charge < -0.3 is 50.4 Å². The third-order valence-electron chi connectivity index (χ3n) is 15.5. The van der Waals surface area contributed by atoms with Gasteiger partial charge in [-0.3, -0.25) is 28.8 Å². The molecule has 6 amide bonds. The predicted molar refractivity (Wildman–Crippen MR) is 266 cm³/mol. The second-order valence-corrected chi connectivity index (χ2v) is 26.7. The molecule has 2 aliphatic heterocycles. The monoisotopic (exact) mass is 1030 g/mol. The molecular formula is C53H84N6O14. The molecular weight excluding hydrogens is 945 g/mol. The molecule has 0 aromatic heterocycles. The van der Waals surface area contributed by atoms with Gasteiger partial charge in [-0.05, 0) is 112 Å². The summed E-state index contributed by atoms with van der Waals surface area (Å²) in [6.07, 6.45) is 2.88. The number of ether oxygens (including phenoxy) is 3. The number of hydrogen-bond acceptors (Lipinski definition) is 13. The number of carbonyl (C=O) groups is 10. The molecule has 6 rings (SSSR count). The number of aliphatic carboxylic acids is 1. The minimum Gasteiger partial charge on any atom is -0.475 e. The minimum absolute atomic E-state index is 0.0894. The molecule has 4 aliphatic carbocycles. The smallest absolute Gasteiger partial charge is 0.408 e. The average Bonchev–Trinajstić information content (AvgIpc) is 4.21. The van der Waals surface area contributed by atoms with Crippen molar-refractivity contribution in [3.8, 4) is 0 Å². The Labute approximate surface area is 430 Å². The van der Waals surface area contributed by atoms with E-state index in [1.165, 1.54) is 9.80 Å². The van der Waals surface area contributed by atoms with E-state index < -0.39 is 112 Å². The maximum Gasteiger partial charge on any atom is 0.408 e. The van der Waals surface area contributed by atoms with Gasteiger partial charge in [-0.25, -0.2) is 19.2 Å². The van der Waals surface area contributed by atoms with Gasteiger partial charge in [-0.15, -0.1) is 0 Å². The molecule has 73 heavy (non-hydrogen) atoms. The minimum atomic E-state index is -1.58. The zero-order valence-corrected chi connectivity index (χ0v) is 46.2. The molecule has 4 saturated carbocycles. The fraction of sp³-hybridized carbons (Fsp3) is 0.811. The first-order chi connectivity index (χ1) is 33.2. The van der Waals surface area contributed by atoms with Crippen LogP contribution in [-0.4, -0.2) is 142 Å². The normalized spacial score (nSPS) is 26.1. The molecule has 20 nitrogen and oxygen atoms in total. The van der Waals surface area contributed by atoms with Crippen LogP contribution in [0.3, 0.4) is 0 Å². The van der Waals surface area contributed by atoms with Crippen molar-refractivity contribution in [3.63, 3.8) is 0 Å². The van der Waals surface area contributed by atoms with Crippen molar-refractivity contribution in [2.24, 2.45) is 57.2 Å². The van der Waals surface area contributed by atoms with Gasteiger partial charge in [-0.1, -0.05) is 94.9 Å². The fourth-order valence-electron chi connectivity index (χ4n) is 10.8. The number of alkyl carbamates (subject to hydrolysis) is 2. The molecule has 6 fully saturated rings. The molecule has 0 bridgehead atoms. The van der Waals surface area contributed by atoms with E-state index in [-0.39, 0.29) is 58.7 Å². The van der Waals surface area contributed by atoms with Gasteiger partial charge in [-0.2, -0.15) is 0 Å². The number of piperidine rings is 2. The number of hydrogen-bond donors (Lipinski definition) is 5. The first kappa shape index (κ1) is 58.6. The van der Waals surface area contributed by atoms with E-state index in [0.717, 1.165) is 32.8 Å².